The van der Waals surface area contributed by atoms with E-state index in [1.54, 1.807) is 6.07 Å². The van der Waals surface area contributed by atoms with Gasteiger partial charge in [0.05, 0.1) is 6.04 Å². The van der Waals surface area contributed by atoms with E-state index in [1.807, 2.05) is 25.1 Å². The Morgan fingerprint density at radius 1 is 1.22 bits per heavy atom. The predicted octanol–water partition coefficient (Wildman–Crippen LogP) is 3.99. The number of nitrogens with two attached hydrogens (primary N) is 1. The highest BCUT2D eigenvalue weighted by atomic mass is 32.1. The van der Waals surface area contributed by atoms with E-state index in [0.717, 1.165) is 26.5 Å². The fourth-order valence-corrected chi connectivity index (χ4v) is 3.04. The van der Waals surface area contributed by atoms with Gasteiger partial charge in [0, 0.05) is 9.58 Å². The molecular formula is C14H12FNOS. The van der Waals surface area contributed by atoms with Gasteiger partial charge in [-0.25, -0.2) is 4.39 Å². The Labute approximate surface area is 108 Å². The van der Waals surface area contributed by atoms with Gasteiger partial charge in [-0.05, 0) is 42.6 Å². The molecule has 3 rings (SSSR count). The van der Waals surface area contributed by atoms with Gasteiger partial charge in [-0.15, -0.1) is 11.3 Å². The largest absolute Gasteiger partial charge is 0.464 e. The Kier molecular flexibility index (Phi) is 2.69. The van der Waals surface area contributed by atoms with Gasteiger partial charge in [-0.3, -0.25) is 0 Å². The number of fused-ring (bicyclic) bond motifs is 1. The summed E-state index contributed by atoms with van der Waals surface area (Å²) >= 11 is 1.50. The minimum absolute atomic E-state index is 0.224. The predicted molar refractivity (Wildman–Crippen MR) is 71.3 cm³/mol. The molecule has 0 aliphatic carbocycles. The van der Waals surface area contributed by atoms with E-state index in [-0.39, 0.29) is 11.9 Å². The van der Waals surface area contributed by atoms with Gasteiger partial charge in [-0.1, -0.05) is 6.07 Å². The zero-order valence-electron chi connectivity index (χ0n) is 9.81. The van der Waals surface area contributed by atoms with Crippen molar-refractivity contribution in [2.45, 2.75) is 13.0 Å². The number of furan rings is 1. The summed E-state index contributed by atoms with van der Waals surface area (Å²) in [6.07, 6.45) is 0. The molecule has 0 saturated heterocycles. The lowest BCUT2D eigenvalue weighted by Crippen LogP contribution is -2.08. The zero-order chi connectivity index (χ0) is 12.7. The third kappa shape index (κ3) is 1.94. The Morgan fingerprint density at radius 2 is 2.06 bits per heavy atom. The second-order valence-corrected chi connectivity index (χ2v) is 5.37. The molecule has 2 N–H and O–H groups in total. The average molecular weight is 261 g/mol. The Balaban J connectivity index is 2.03. The molecule has 0 amide bonds. The molecule has 4 heteroatoms. The van der Waals surface area contributed by atoms with Gasteiger partial charge >= 0.3 is 0 Å². The van der Waals surface area contributed by atoms with E-state index in [9.17, 15) is 4.39 Å². The van der Waals surface area contributed by atoms with Crippen LogP contribution >= 0.6 is 11.3 Å². The van der Waals surface area contributed by atoms with Crippen molar-refractivity contribution >= 4 is 21.4 Å². The monoisotopic (exact) mass is 261 g/mol. The van der Waals surface area contributed by atoms with Crippen molar-refractivity contribution in [3.05, 3.63) is 58.6 Å². The van der Waals surface area contributed by atoms with Crippen LogP contribution in [0, 0.1) is 12.7 Å². The van der Waals surface area contributed by atoms with E-state index < -0.39 is 0 Å². The maximum atomic E-state index is 13.1. The molecular weight excluding hydrogens is 249 g/mol. The maximum Gasteiger partial charge on any atom is 0.126 e. The molecule has 1 unspecified atom stereocenters. The summed E-state index contributed by atoms with van der Waals surface area (Å²) in [7, 11) is 0. The molecule has 2 nitrogen and oxygen atoms in total. The van der Waals surface area contributed by atoms with Crippen molar-refractivity contribution in [3.8, 4) is 0 Å². The van der Waals surface area contributed by atoms with Crippen LogP contribution < -0.4 is 5.73 Å². The van der Waals surface area contributed by atoms with Gasteiger partial charge < -0.3 is 10.2 Å². The highest BCUT2D eigenvalue weighted by Crippen LogP contribution is 2.32. The normalized spacial score (nSPS) is 13.1. The standard InChI is InChI=1S/C14H12FNOS/c1-8-2-5-11(17-8)14(16)13-6-9-3-4-10(15)7-12(9)18-13/h2-7,14H,16H2,1H3. The lowest BCUT2D eigenvalue weighted by Gasteiger charge is -2.04. The third-order valence-corrected chi connectivity index (χ3v) is 4.06. The van der Waals surface area contributed by atoms with Crippen molar-refractivity contribution in [1.29, 1.82) is 0 Å². The van der Waals surface area contributed by atoms with Crippen LogP contribution in [0.4, 0.5) is 4.39 Å². The van der Waals surface area contributed by atoms with Crippen molar-refractivity contribution in [2.75, 3.05) is 0 Å². The number of halogens is 1. The lowest BCUT2D eigenvalue weighted by atomic mass is 10.2. The summed E-state index contributed by atoms with van der Waals surface area (Å²) in [5.41, 5.74) is 6.15. The summed E-state index contributed by atoms with van der Waals surface area (Å²) in [6, 6.07) is 10.2. The molecule has 3 aromatic rings. The first-order chi connectivity index (χ1) is 8.63. The Morgan fingerprint density at radius 3 is 2.78 bits per heavy atom. The molecule has 2 aromatic heterocycles. The number of aryl methyl sites for hydroxylation is 1. The van der Waals surface area contributed by atoms with Crippen molar-refractivity contribution in [3.63, 3.8) is 0 Å². The lowest BCUT2D eigenvalue weighted by molar-refractivity contribution is 0.468. The van der Waals surface area contributed by atoms with Crippen LogP contribution in [0.2, 0.25) is 0 Å². The molecule has 0 spiro atoms. The van der Waals surface area contributed by atoms with Gasteiger partial charge in [0.15, 0.2) is 0 Å². The molecule has 1 aromatic carbocycles. The first kappa shape index (κ1) is 11.4. The fraction of sp³-hybridized carbons (Fsp3) is 0.143. The number of benzene rings is 1. The number of hydrogen-bond acceptors (Lipinski definition) is 3. The van der Waals surface area contributed by atoms with Crippen LogP contribution in [0.25, 0.3) is 10.1 Å². The highest BCUT2D eigenvalue weighted by Gasteiger charge is 2.15. The Bertz CT molecular complexity index is 701. The van der Waals surface area contributed by atoms with Gasteiger partial charge in [0.1, 0.15) is 17.3 Å². The number of rotatable bonds is 2. The first-order valence-corrected chi connectivity index (χ1v) is 6.46. The zero-order valence-corrected chi connectivity index (χ0v) is 10.6. The SMILES string of the molecule is Cc1ccc(C(N)c2cc3ccc(F)cc3s2)o1. The molecule has 0 bridgehead atoms. The smallest absolute Gasteiger partial charge is 0.126 e. The molecule has 18 heavy (non-hydrogen) atoms. The van der Waals surface area contributed by atoms with Crippen LogP contribution in [-0.2, 0) is 0 Å². The average Bonchev–Trinajstić information content (AvgIpc) is 2.93. The summed E-state index contributed by atoms with van der Waals surface area (Å²) in [4.78, 5) is 0.977. The van der Waals surface area contributed by atoms with E-state index in [1.165, 1.54) is 23.5 Å². The van der Waals surface area contributed by atoms with Crippen molar-refractivity contribution < 1.29 is 8.81 Å². The second-order valence-electron chi connectivity index (χ2n) is 4.26. The van der Waals surface area contributed by atoms with Crippen molar-refractivity contribution in [2.24, 2.45) is 5.73 Å². The van der Waals surface area contributed by atoms with Gasteiger partial charge in [0.25, 0.3) is 0 Å². The van der Waals surface area contributed by atoms with Crippen LogP contribution in [0.3, 0.4) is 0 Å². The van der Waals surface area contributed by atoms with E-state index in [4.69, 9.17) is 10.2 Å². The summed E-state index contributed by atoms with van der Waals surface area (Å²) in [5, 5.41) is 1.01. The number of thiophene rings is 1. The highest BCUT2D eigenvalue weighted by molar-refractivity contribution is 7.19. The van der Waals surface area contributed by atoms with E-state index in [2.05, 4.69) is 0 Å². The minimum Gasteiger partial charge on any atom is -0.464 e. The van der Waals surface area contributed by atoms with Crippen LogP contribution in [0.5, 0.6) is 0 Å². The van der Waals surface area contributed by atoms with Crippen molar-refractivity contribution in [1.82, 2.24) is 0 Å². The van der Waals surface area contributed by atoms with Gasteiger partial charge in [0.2, 0.25) is 0 Å². The third-order valence-electron chi connectivity index (χ3n) is 2.88. The topological polar surface area (TPSA) is 39.2 Å². The molecule has 92 valence electrons. The molecule has 0 saturated carbocycles. The summed E-state index contributed by atoms with van der Waals surface area (Å²) < 4.78 is 19.6. The van der Waals surface area contributed by atoms with E-state index in [0.29, 0.717) is 0 Å². The van der Waals surface area contributed by atoms with Gasteiger partial charge in [-0.2, -0.15) is 0 Å². The maximum absolute atomic E-state index is 13.1. The Hall–Kier alpha value is -1.65. The molecule has 2 heterocycles. The molecule has 1 atom stereocenters. The molecule has 0 aliphatic rings. The minimum atomic E-state index is -0.292. The molecule has 0 radical (unpaired) electrons. The molecule has 0 aliphatic heterocycles. The number of hydrogen-bond donors (Lipinski definition) is 1. The quantitative estimate of drug-likeness (QED) is 0.757. The van der Waals surface area contributed by atoms with Crippen LogP contribution in [0.15, 0.2) is 40.8 Å². The molecule has 0 fully saturated rings. The van der Waals surface area contributed by atoms with Crippen LogP contribution in [-0.4, -0.2) is 0 Å². The fourth-order valence-electron chi connectivity index (χ4n) is 1.94. The van der Waals surface area contributed by atoms with E-state index >= 15 is 0 Å². The summed E-state index contributed by atoms with van der Waals surface area (Å²) in [6.45, 7) is 1.89. The first-order valence-electron chi connectivity index (χ1n) is 5.64. The van der Waals surface area contributed by atoms with Crippen LogP contribution in [0.1, 0.15) is 22.4 Å². The summed E-state index contributed by atoms with van der Waals surface area (Å²) in [5.74, 6) is 1.35. The second kappa shape index (κ2) is 4.23.